The molecule has 4 unspecified atom stereocenters. The van der Waals surface area contributed by atoms with E-state index in [1.54, 1.807) is 72.7 Å². The van der Waals surface area contributed by atoms with Crippen LogP contribution in [0.25, 0.3) is 0 Å². The molecule has 0 radical (unpaired) electrons. The third-order valence-corrected chi connectivity index (χ3v) is 7.22. The highest BCUT2D eigenvalue weighted by Gasteiger charge is 2.40. The fourth-order valence-electron chi connectivity index (χ4n) is 5.03. The Morgan fingerprint density at radius 3 is 1.94 bits per heavy atom. The fourth-order valence-corrected chi connectivity index (χ4v) is 5.03. The maximum Gasteiger partial charge on any atom is 0.408 e. The smallest absolute Gasteiger partial charge is 0.408 e. The predicted molar refractivity (Wildman–Crippen MR) is 184 cm³/mol. The molecule has 2 rings (SSSR count). The van der Waals surface area contributed by atoms with Crippen LogP contribution in [0, 0.1) is 18.3 Å². The first-order valence-electron chi connectivity index (χ1n) is 16.3. The Labute approximate surface area is 281 Å². The van der Waals surface area contributed by atoms with Crippen molar-refractivity contribution in [2.75, 3.05) is 0 Å². The maximum absolute atomic E-state index is 14.6. The molecule has 0 bridgehead atoms. The van der Waals surface area contributed by atoms with E-state index in [2.05, 4.69) is 30.4 Å². The van der Waals surface area contributed by atoms with Gasteiger partial charge in [-0.2, -0.15) is 0 Å². The van der Waals surface area contributed by atoms with Gasteiger partial charge in [0.15, 0.2) is 0 Å². The zero-order valence-electron chi connectivity index (χ0n) is 29.7. The van der Waals surface area contributed by atoms with Crippen LogP contribution >= 0.6 is 0 Å². The van der Waals surface area contributed by atoms with Crippen molar-refractivity contribution in [1.82, 2.24) is 15.5 Å². The van der Waals surface area contributed by atoms with Crippen LogP contribution in [0.4, 0.5) is 4.79 Å². The molecule has 0 saturated carbocycles. The third-order valence-electron chi connectivity index (χ3n) is 7.22. The minimum atomic E-state index is -1.24. The number of carbonyl (C=O) groups excluding carboxylic acids is 4. The minimum absolute atomic E-state index is 0.165. The van der Waals surface area contributed by atoms with Gasteiger partial charge in [-0.05, 0) is 91.3 Å². The minimum Gasteiger partial charge on any atom is -0.458 e. The molecule has 256 valence electrons. The number of nitrogens with zero attached hydrogens (tertiary/aromatic N) is 1. The Morgan fingerprint density at radius 1 is 0.809 bits per heavy atom. The SMILES string of the molecule is C#Cc1ccccc1C(C(=O)NC(Cc1ccccc1)C(=O)OC(C)(C)C)N(C(=O)C(C)NC(=O)OC(C)(C)C)C(C)CCC(C)C. The van der Waals surface area contributed by atoms with Crippen LogP contribution in [0.3, 0.4) is 0 Å². The van der Waals surface area contributed by atoms with Crippen molar-refractivity contribution < 1.29 is 28.7 Å². The summed E-state index contributed by atoms with van der Waals surface area (Å²) in [5.74, 6) is 1.27. The molecule has 4 atom stereocenters. The van der Waals surface area contributed by atoms with Gasteiger partial charge in [0.1, 0.15) is 29.3 Å². The monoisotopic (exact) mass is 647 g/mol. The number of ether oxygens (including phenoxy) is 2. The molecule has 3 amide bonds. The number of alkyl carbamates (subject to hydrolysis) is 1. The summed E-state index contributed by atoms with van der Waals surface area (Å²) in [5.41, 5.74) is 0.0800. The molecule has 0 aliphatic heterocycles. The summed E-state index contributed by atoms with van der Waals surface area (Å²) in [6.45, 7) is 18.0. The average Bonchev–Trinajstić information content (AvgIpc) is 2.96. The van der Waals surface area contributed by atoms with E-state index in [0.717, 1.165) is 12.0 Å². The first-order valence-corrected chi connectivity index (χ1v) is 16.3. The van der Waals surface area contributed by atoms with Crippen molar-refractivity contribution in [1.29, 1.82) is 0 Å². The normalized spacial score (nSPS) is 14.2. The standard InChI is InChI=1S/C38H53N3O6/c1-12-29-20-16-17-21-30(29)32(33(42)40-31(35(44)46-37(6,7)8)24-28-18-14-13-15-19-28)41(26(4)23-22-25(2)3)34(43)27(5)39-36(45)47-38(9,10)11/h1,13-21,25-27,31-32H,22-24H2,2-11H3,(H,39,45)(H,40,42). The van der Waals surface area contributed by atoms with Crippen LogP contribution < -0.4 is 10.6 Å². The van der Waals surface area contributed by atoms with Crippen molar-refractivity contribution in [2.24, 2.45) is 5.92 Å². The van der Waals surface area contributed by atoms with Gasteiger partial charge in [0.05, 0.1) is 0 Å². The fraction of sp³-hybridized carbons (Fsp3) is 0.526. The molecule has 0 aromatic heterocycles. The summed E-state index contributed by atoms with van der Waals surface area (Å²) in [4.78, 5) is 56.7. The van der Waals surface area contributed by atoms with Gasteiger partial charge in [-0.1, -0.05) is 68.3 Å². The van der Waals surface area contributed by atoms with Crippen molar-refractivity contribution in [3.8, 4) is 12.3 Å². The molecule has 2 N–H and O–H groups in total. The molecular formula is C38H53N3O6. The highest BCUT2D eigenvalue weighted by molar-refractivity contribution is 5.94. The number of carbonyl (C=O) groups is 4. The number of terminal acetylenes is 1. The highest BCUT2D eigenvalue weighted by atomic mass is 16.6. The largest absolute Gasteiger partial charge is 0.458 e. The third kappa shape index (κ3) is 12.8. The van der Waals surface area contributed by atoms with E-state index in [1.165, 1.54) is 4.90 Å². The van der Waals surface area contributed by atoms with Crippen LogP contribution in [-0.4, -0.2) is 58.1 Å². The Kier molecular flexibility index (Phi) is 14.1. The summed E-state index contributed by atoms with van der Waals surface area (Å²) in [5, 5.41) is 5.54. The second-order valence-corrected chi connectivity index (χ2v) is 14.4. The second kappa shape index (κ2) is 17.0. The molecule has 9 nitrogen and oxygen atoms in total. The van der Waals surface area contributed by atoms with Crippen molar-refractivity contribution in [3.63, 3.8) is 0 Å². The molecule has 47 heavy (non-hydrogen) atoms. The van der Waals surface area contributed by atoms with E-state index in [9.17, 15) is 19.2 Å². The number of hydrogen-bond acceptors (Lipinski definition) is 6. The zero-order valence-corrected chi connectivity index (χ0v) is 29.7. The van der Waals surface area contributed by atoms with Gasteiger partial charge in [0.25, 0.3) is 0 Å². The Hall–Kier alpha value is -4.32. The van der Waals surface area contributed by atoms with Gasteiger partial charge < -0.3 is 25.0 Å². The second-order valence-electron chi connectivity index (χ2n) is 14.4. The van der Waals surface area contributed by atoms with Gasteiger partial charge in [-0.25, -0.2) is 9.59 Å². The van der Waals surface area contributed by atoms with Gasteiger partial charge >= 0.3 is 12.1 Å². The van der Waals surface area contributed by atoms with Crippen LogP contribution in [0.1, 0.15) is 105 Å². The Morgan fingerprint density at radius 2 is 1.38 bits per heavy atom. The highest BCUT2D eigenvalue weighted by Crippen LogP contribution is 2.30. The molecule has 0 fully saturated rings. The molecule has 0 aliphatic carbocycles. The molecule has 0 aliphatic rings. The number of hydrogen-bond donors (Lipinski definition) is 2. The molecule has 9 heteroatoms. The van der Waals surface area contributed by atoms with Gasteiger partial charge in [0.2, 0.25) is 11.8 Å². The van der Waals surface area contributed by atoms with Crippen LogP contribution in [-0.2, 0) is 30.3 Å². The zero-order chi connectivity index (χ0) is 35.5. The summed E-state index contributed by atoms with van der Waals surface area (Å²) in [6, 6.07) is 12.4. The van der Waals surface area contributed by atoms with Crippen molar-refractivity contribution in [3.05, 3.63) is 71.3 Å². The molecule has 2 aromatic carbocycles. The lowest BCUT2D eigenvalue weighted by Crippen LogP contribution is -2.56. The van der Waals surface area contributed by atoms with E-state index < -0.39 is 59.2 Å². The summed E-state index contributed by atoms with van der Waals surface area (Å²) in [6.07, 6.45) is 6.67. The van der Waals surface area contributed by atoms with Gasteiger partial charge in [-0.3, -0.25) is 9.59 Å². The van der Waals surface area contributed by atoms with Gasteiger partial charge in [-0.15, -0.1) is 6.42 Å². The Balaban J connectivity index is 2.67. The molecular weight excluding hydrogens is 594 g/mol. The summed E-state index contributed by atoms with van der Waals surface area (Å²) >= 11 is 0. The van der Waals surface area contributed by atoms with Crippen LogP contribution in [0.2, 0.25) is 0 Å². The number of benzene rings is 2. The average molecular weight is 648 g/mol. The van der Waals surface area contributed by atoms with Gasteiger partial charge in [0, 0.05) is 18.0 Å². The number of nitrogens with one attached hydrogen (secondary N) is 2. The topological polar surface area (TPSA) is 114 Å². The van der Waals surface area contributed by atoms with E-state index in [4.69, 9.17) is 15.9 Å². The number of amides is 3. The van der Waals surface area contributed by atoms with E-state index in [-0.39, 0.29) is 6.42 Å². The summed E-state index contributed by atoms with van der Waals surface area (Å²) < 4.78 is 11.1. The first kappa shape index (κ1) is 38.9. The van der Waals surface area contributed by atoms with E-state index >= 15 is 0 Å². The Bertz CT molecular complexity index is 1400. The van der Waals surface area contributed by atoms with Crippen molar-refractivity contribution >= 4 is 23.9 Å². The van der Waals surface area contributed by atoms with E-state index in [0.29, 0.717) is 23.5 Å². The molecule has 0 saturated heterocycles. The number of esters is 1. The quantitative estimate of drug-likeness (QED) is 0.194. The lowest BCUT2D eigenvalue weighted by Gasteiger charge is -2.39. The molecule has 0 spiro atoms. The first-order chi connectivity index (χ1) is 21.8. The summed E-state index contributed by atoms with van der Waals surface area (Å²) in [7, 11) is 0. The van der Waals surface area contributed by atoms with Crippen LogP contribution in [0.15, 0.2) is 54.6 Å². The van der Waals surface area contributed by atoms with Crippen molar-refractivity contribution in [2.45, 2.75) is 124 Å². The number of rotatable bonds is 13. The molecule has 0 heterocycles. The van der Waals surface area contributed by atoms with E-state index in [1.807, 2.05) is 37.3 Å². The van der Waals surface area contributed by atoms with Crippen LogP contribution in [0.5, 0.6) is 0 Å². The lowest BCUT2D eigenvalue weighted by molar-refractivity contribution is -0.159. The lowest BCUT2D eigenvalue weighted by atomic mass is 9.94. The maximum atomic E-state index is 14.6. The molecule has 2 aromatic rings. The predicted octanol–water partition coefficient (Wildman–Crippen LogP) is 6.34.